The van der Waals surface area contributed by atoms with Crippen molar-refractivity contribution in [2.75, 3.05) is 41.3 Å². The molecule has 26 heteroatoms. The summed E-state index contributed by atoms with van der Waals surface area (Å²) < 4.78 is 4.14. The van der Waals surface area contributed by atoms with E-state index in [1.807, 2.05) is 55.5 Å². The number of nitrogens with zero attached hydrogens (tertiary/aromatic N) is 10. The molecule has 0 aliphatic carbocycles. The number of halogens is 3. The molecule has 0 unspecified atom stereocenters. The van der Waals surface area contributed by atoms with Gasteiger partial charge in [0.25, 0.3) is 23.6 Å². The van der Waals surface area contributed by atoms with E-state index in [0.717, 1.165) is 45.9 Å². The Morgan fingerprint density at radius 3 is 1.16 bits per heavy atom. The normalized spacial score (nSPS) is 14.6. The zero-order valence-corrected chi connectivity index (χ0v) is 72.1. The molecule has 6 amide bonds. The number of benzene rings is 8. The number of pyridine rings is 2. The van der Waals surface area contributed by atoms with Crippen LogP contribution < -0.4 is 43.3 Å². The number of terminal acetylenes is 1. The van der Waals surface area contributed by atoms with E-state index in [4.69, 9.17) is 36.9 Å². The van der Waals surface area contributed by atoms with E-state index in [0.29, 0.717) is 78.9 Å². The molecule has 2 aliphatic rings. The predicted octanol–water partition coefficient (Wildman–Crippen LogP) is 12.4. The maximum Gasteiger partial charge on any atom is -0.0134 e. The largest absolute Gasteiger partial charge is 0.0622 e. The van der Waals surface area contributed by atoms with Crippen molar-refractivity contribution < 1.29 is 54.9 Å². The average molecular weight is 1830 g/mol. The number of rotatable bonds is 20. The third-order valence-corrected chi connectivity index (χ3v) is 24.3. The first-order valence-electron chi connectivity index (χ1n) is 37.3. The van der Waals surface area contributed by atoms with Crippen LogP contribution in [0.3, 0.4) is 0 Å². The third-order valence-electron chi connectivity index (χ3n) is 18.8. The molecule has 2 aliphatic heterocycles. The molecule has 2 saturated heterocycles. The van der Waals surface area contributed by atoms with Gasteiger partial charge in [0.2, 0.25) is 23.0 Å². The van der Waals surface area contributed by atoms with Gasteiger partial charge in [-0.05, 0) is 143 Å². The summed E-state index contributed by atoms with van der Waals surface area (Å²) in [4.78, 5) is 86.8. The molecule has 600 valence electrons. The molecule has 4 aromatic heterocycles. The van der Waals surface area contributed by atoms with Crippen molar-refractivity contribution in [3.63, 3.8) is 0 Å². The summed E-state index contributed by atoms with van der Waals surface area (Å²) in [6.45, 7) is 5.93. The molecule has 20 nitrogen and oxygen atoms in total. The molecule has 0 spiro atoms. The molecule has 0 bridgehead atoms. The van der Waals surface area contributed by atoms with Crippen molar-refractivity contribution in [3.8, 4) is 35.8 Å². The number of unbranched alkanes of at least 4 members (excludes halogenated alkanes) is 2. The van der Waals surface area contributed by atoms with E-state index in [1.54, 1.807) is 61.0 Å². The molecule has 8 aromatic carbocycles. The molecule has 12 aromatic rings. The van der Waals surface area contributed by atoms with E-state index in [-0.39, 0.29) is 51.5 Å². The number of aromatic nitrogens is 6. The van der Waals surface area contributed by atoms with Gasteiger partial charge in [-0.15, -0.1) is 6.42 Å². The number of hydrogen-bond acceptors (Lipinski definition) is 12. The minimum absolute atomic E-state index is 0.0606. The Balaban J connectivity index is 0.000000173. The molecule has 116 heavy (non-hydrogen) atoms. The van der Waals surface area contributed by atoms with Gasteiger partial charge in [-0.1, -0.05) is 239 Å². The van der Waals surface area contributed by atoms with Gasteiger partial charge in [-0.2, -0.15) is 10.2 Å². The smallest absolute Gasteiger partial charge is 0.0134 e. The molecule has 6 heterocycles. The predicted molar refractivity (Wildman–Crippen MR) is 472 cm³/mol. The van der Waals surface area contributed by atoms with E-state index < -0.39 is 44.8 Å². The quantitative estimate of drug-likeness (QED) is 0.0240. The zero-order chi connectivity index (χ0) is 83.3. The van der Waals surface area contributed by atoms with Gasteiger partial charge in [0.1, 0.15) is 0 Å². The van der Waals surface area contributed by atoms with Crippen molar-refractivity contribution >= 4 is 147 Å². The fourth-order valence-electron chi connectivity index (χ4n) is 12.6. The van der Waals surface area contributed by atoms with Crippen molar-refractivity contribution in [2.24, 2.45) is 11.5 Å². The van der Waals surface area contributed by atoms with Gasteiger partial charge in [0.05, 0.1) is 11.0 Å². The van der Waals surface area contributed by atoms with E-state index in [2.05, 4.69) is 249 Å². The summed E-state index contributed by atoms with van der Waals surface area (Å²) in [7, 11) is 15.5. The number of carbonyl (C=O) groups excluding carboxylic acids is 6. The molecule has 2 atom stereocenters. The molecular weight excluding hydrogens is 1740 g/mol. The first-order chi connectivity index (χ1) is 55.9. The number of likely N-dealkylation sites (N-methyl/N-ethyl adjacent to an activating group) is 2. The van der Waals surface area contributed by atoms with Gasteiger partial charge in [-0.25, -0.2) is 19.3 Å². The van der Waals surface area contributed by atoms with Crippen molar-refractivity contribution in [1.82, 2.24) is 49.1 Å². The third kappa shape index (κ3) is 24.2. The number of carbonyl (C=O) groups is 6. The maximum atomic E-state index is 12.3. The molecular formula is C90H91Cl2IN12O8P2Pd. The molecule has 6 N–H and O–H groups in total. The minimum Gasteiger partial charge on any atom is -0.0622 e. The van der Waals surface area contributed by atoms with E-state index in [1.165, 1.54) is 52.5 Å². The number of amides is 6. The van der Waals surface area contributed by atoms with E-state index >= 15 is 0 Å². The van der Waals surface area contributed by atoms with E-state index in [9.17, 15) is 39.0 Å². The number of hydrogen-bond donors (Lipinski definition) is 4. The summed E-state index contributed by atoms with van der Waals surface area (Å²) in [6, 6.07) is 82.9. The number of fused-ring (bicyclic) bond motifs is 2. The van der Waals surface area contributed by atoms with Crippen molar-refractivity contribution in [3.05, 3.63) is 287 Å². The van der Waals surface area contributed by atoms with Gasteiger partial charge >= 0.3 is 35.0 Å². The summed E-state index contributed by atoms with van der Waals surface area (Å²) in [5.74, 6) is 6.74. The Morgan fingerprint density at radius 1 is 0.526 bits per heavy atom. The second-order valence-corrected chi connectivity index (χ2v) is 35.2. The molecule has 0 saturated carbocycles. The Bertz CT molecular complexity index is 5110. The average Bonchev–Trinajstić information content (AvgIpc) is 1.62. The number of likely N-dealkylation sites (tertiary alicyclic amines) is 2. The Labute approximate surface area is 709 Å². The Morgan fingerprint density at radius 2 is 0.862 bits per heavy atom. The molecule has 14 rings (SSSR count). The van der Waals surface area contributed by atoms with Gasteiger partial charge in [-0.3, -0.25) is 28.8 Å². The van der Waals surface area contributed by atoms with Crippen LogP contribution in [-0.4, -0.2) is 147 Å². The van der Waals surface area contributed by atoms with Crippen LogP contribution in [0.1, 0.15) is 103 Å². The van der Waals surface area contributed by atoms with Crippen LogP contribution in [0.5, 0.6) is 0 Å². The van der Waals surface area contributed by atoms with Crippen LogP contribution in [0.2, 0.25) is 0 Å². The Kier molecular flexibility index (Phi) is 34.1. The monoisotopic (exact) mass is 1830 g/mol. The van der Waals surface area contributed by atoms with Crippen LogP contribution in [-0.2, 0) is 48.2 Å². The van der Waals surface area contributed by atoms with Crippen LogP contribution in [0.15, 0.2) is 255 Å². The zero-order valence-electron chi connectivity index (χ0n) is 65.1. The SMILES string of the molecule is C#C[C@]1(O)CCN(C)C1=O.CCCCC(=O)N(C)Cc1ccc2c(c1)c(C(N)=O)nn2-c1cc(C#C[C@]2(O)CCN(C)C2=O)ccn1.CCCCC(=O)N(C)Cc1ccc2c(c1)c(C(N)=O)nn2-c1cc(I)ccn1.[Cl][Pd][Cl].c1ccc(P(c2ccccc2)c2ccccc2)cc1.c1ccc(P(c2ccccc2)c2ccccc2)cc1. The van der Waals surface area contributed by atoms with Crippen molar-refractivity contribution in [1.29, 1.82) is 0 Å². The topological polar surface area (TPSA) is 269 Å². The summed E-state index contributed by atoms with van der Waals surface area (Å²) >= 11 is 2.09. The summed E-state index contributed by atoms with van der Waals surface area (Å²) in [5, 5.41) is 38.3. The van der Waals surface area contributed by atoms with Gasteiger partial charge in [0.15, 0.2) is 23.0 Å². The number of aliphatic hydroxyl groups is 2. The van der Waals surface area contributed by atoms with Gasteiger partial charge < -0.3 is 41.3 Å². The first kappa shape index (κ1) is 89.6. The van der Waals surface area contributed by atoms with Crippen LogP contribution in [0.25, 0.3) is 33.4 Å². The van der Waals surface area contributed by atoms with Crippen molar-refractivity contribution in [2.45, 2.75) is 89.5 Å². The molecule has 0 radical (unpaired) electrons. The van der Waals surface area contributed by atoms with Crippen LogP contribution in [0.4, 0.5) is 0 Å². The maximum absolute atomic E-state index is 12.3. The second kappa shape index (κ2) is 44.1. The summed E-state index contributed by atoms with van der Waals surface area (Å²) in [6.07, 6.45) is 13.5. The van der Waals surface area contributed by atoms with Crippen LogP contribution >= 0.6 is 57.5 Å². The fraction of sp³-hybridized carbons (Fsp3) is 0.222. The number of nitrogens with two attached hydrogens (primary N) is 2. The number of primary amides is 2. The van der Waals surface area contributed by atoms with Crippen LogP contribution in [0, 0.1) is 27.8 Å². The molecule has 2 fully saturated rings. The Hall–Kier alpha value is -10.3. The summed E-state index contributed by atoms with van der Waals surface area (Å²) in [5.41, 5.74) is 11.9. The van der Waals surface area contributed by atoms with Gasteiger partial charge in [0, 0.05) is 112 Å². The minimum atomic E-state index is -1.71. The fourth-order valence-corrected chi connectivity index (χ4v) is 17.7. The first-order valence-corrected chi connectivity index (χ1v) is 45.1. The second-order valence-electron chi connectivity index (χ2n) is 27.2. The standard InChI is InChI=1S/C27H30N6O4.C20H22IN5O2.2C18H15P.C7H9NO2.2ClH.Pd/c1-4-5-6-23(34)32(3)17-19-7-8-21-20(15-19)24(25(28)35)30-33(21)22-16-18(10-13-29-22)9-11-27(37)12-14-31(2)26(27)36;1-3-4-5-18(27)25(2)12-13-6-7-16-15(10-13)19(20(22)28)24-26(16)17-11-14(21)8-9-23-17;2*1-4-10-16(11-5-1)19(17-12-6-2-7-13-17)18-14-8-3-9-15-18;1-3-7(10)4-5-8(2)6(7)9;;;/h7-8,10,13,15-16,37H,4-6,12,14,17H2,1-3H3,(H2,28,35);6-11H,3-5,12H2,1-2H3,(H2,22,28);2*1-15H;1,10H,4-5H2,2H3;2*1H;/q;;;;;;;+2/p-2/t27-;;;;7-;;;/m0...0.../s1.